The second-order valence-electron chi connectivity index (χ2n) is 6.77. The quantitative estimate of drug-likeness (QED) is 0.628. The Balaban J connectivity index is 1.89. The Morgan fingerprint density at radius 1 is 1.38 bits per heavy atom. The Morgan fingerprint density at radius 2 is 2.31 bits per heavy atom. The molecule has 3 aromatic rings. The van der Waals surface area contributed by atoms with Crippen LogP contribution >= 0.6 is 11.3 Å². The maximum atomic E-state index is 8.68. The van der Waals surface area contributed by atoms with E-state index in [0.717, 1.165) is 40.0 Å². The molecule has 0 bridgehead atoms. The lowest BCUT2D eigenvalue weighted by Crippen LogP contribution is -2.25. The molecular weight excluding hydrogens is 336 g/mol. The normalized spacial score (nSPS) is 20.0. The molecule has 0 amide bonds. The van der Waals surface area contributed by atoms with Crippen LogP contribution in [0.1, 0.15) is 77.0 Å². The number of rotatable bonds is 5. The highest BCUT2D eigenvalue weighted by atomic mass is 32.1. The lowest BCUT2D eigenvalue weighted by Gasteiger charge is -2.13. The molecule has 1 aliphatic rings. The Hall–Kier alpha value is -2.00. The van der Waals surface area contributed by atoms with Gasteiger partial charge in [0, 0.05) is 27.3 Å². The molecule has 0 fully saturated rings. The van der Waals surface area contributed by atoms with Gasteiger partial charge in [-0.3, -0.25) is 4.98 Å². The highest BCUT2D eigenvalue weighted by Crippen LogP contribution is 2.24. The Labute approximate surface area is 167 Å². The van der Waals surface area contributed by atoms with E-state index in [4.69, 9.17) is 8.22 Å². The third-order valence-corrected chi connectivity index (χ3v) is 6.07. The summed E-state index contributed by atoms with van der Waals surface area (Å²) < 4.78 is 49.8. The zero-order valence-corrected chi connectivity index (χ0v) is 16.0. The fraction of sp³-hybridized carbons (Fsp3) is 0.391. The maximum Gasteiger partial charge on any atom is 0.124 e. The first kappa shape index (κ1) is 11.7. The smallest absolute Gasteiger partial charge is 0.124 e. The SMILES string of the molecule is [2H]c1c(C([2H])(C)CCCC)cnc(C2=c3sc4nc(C([2H])([2H])[2H])ccc4c3=CCC2)c1[2H]. The van der Waals surface area contributed by atoms with Crippen molar-refractivity contribution in [1.82, 2.24) is 9.97 Å². The summed E-state index contributed by atoms with van der Waals surface area (Å²) in [5.41, 5.74) is 1.93. The van der Waals surface area contributed by atoms with Gasteiger partial charge in [0.15, 0.2) is 0 Å². The third kappa shape index (κ3) is 3.21. The Morgan fingerprint density at radius 3 is 3.15 bits per heavy atom. The number of hydrogen-bond donors (Lipinski definition) is 0. The van der Waals surface area contributed by atoms with Crippen LogP contribution in [-0.2, 0) is 0 Å². The van der Waals surface area contributed by atoms with Crippen molar-refractivity contribution in [2.75, 3.05) is 0 Å². The van der Waals surface area contributed by atoms with Crippen molar-refractivity contribution in [3.8, 4) is 0 Å². The van der Waals surface area contributed by atoms with Crippen LogP contribution in [0, 0.1) is 6.85 Å². The number of aryl methyl sites for hydroxylation is 1. The van der Waals surface area contributed by atoms with Crippen LogP contribution in [0.4, 0.5) is 0 Å². The molecular formula is C23H26N2S. The Bertz CT molecular complexity index is 1310. The van der Waals surface area contributed by atoms with Gasteiger partial charge in [-0.05, 0) is 66.5 Å². The molecule has 1 unspecified atom stereocenters. The lowest BCUT2D eigenvalue weighted by molar-refractivity contribution is 0.622. The molecule has 4 rings (SSSR count). The van der Waals surface area contributed by atoms with E-state index >= 15 is 0 Å². The van der Waals surface area contributed by atoms with Gasteiger partial charge >= 0.3 is 0 Å². The second kappa shape index (κ2) is 7.32. The molecule has 0 aliphatic heterocycles. The van der Waals surface area contributed by atoms with E-state index in [1.165, 1.54) is 11.3 Å². The van der Waals surface area contributed by atoms with Gasteiger partial charge in [-0.1, -0.05) is 38.8 Å². The molecule has 3 heteroatoms. The van der Waals surface area contributed by atoms with Crippen LogP contribution in [0.25, 0.3) is 21.9 Å². The number of nitrogens with zero attached hydrogens (tertiary/aromatic N) is 2. The summed E-state index contributed by atoms with van der Waals surface area (Å²) in [6.45, 7) is 1.60. The molecule has 0 spiro atoms. The van der Waals surface area contributed by atoms with E-state index in [0.29, 0.717) is 28.9 Å². The van der Waals surface area contributed by atoms with Crippen LogP contribution in [0.3, 0.4) is 0 Å². The lowest BCUT2D eigenvalue weighted by atomic mass is 9.95. The highest BCUT2D eigenvalue weighted by molar-refractivity contribution is 7.16. The molecule has 2 nitrogen and oxygen atoms in total. The van der Waals surface area contributed by atoms with Crippen molar-refractivity contribution in [3.05, 3.63) is 57.1 Å². The molecule has 0 saturated heterocycles. The number of thiophene rings is 1. The van der Waals surface area contributed by atoms with Gasteiger partial charge in [0.05, 0.1) is 8.44 Å². The fourth-order valence-corrected chi connectivity index (χ4v) is 4.64. The molecule has 1 aliphatic carbocycles. The van der Waals surface area contributed by atoms with Gasteiger partial charge in [0.2, 0.25) is 0 Å². The molecule has 3 heterocycles. The van der Waals surface area contributed by atoms with E-state index in [1.807, 2.05) is 6.07 Å². The monoisotopic (exact) mass is 368 g/mol. The van der Waals surface area contributed by atoms with Crippen LogP contribution in [0.2, 0.25) is 0 Å². The predicted molar refractivity (Wildman–Crippen MR) is 112 cm³/mol. The minimum atomic E-state index is -2.26. The highest BCUT2D eigenvalue weighted by Gasteiger charge is 2.14. The minimum absolute atomic E-state index is 0.0499. The zero-order valence-electron chi connectivity index (χ0n) is 21.1. The van der Waals surface area contributed by atoms with Crippen molar-refractivity contribution in [2.24, 2.45) is 0 Å². The van der Waals surface area contributed by atoms with Crippen LogP contribution in [0.5, 0.6) is 0 Å². The first-order valence-electron chi connectivity index (χ1n) is 12.1. The average Bonchev–Trinajstić information content (AvgIpc) is 3.11. The topological polar surface area (TPSA) is 25.8 Å². The molecule has 26 heavy (non-hydrogen) atoms. The van der Waals surface area contributed by atoms with Gasteiger partial charge in [-0.2, -0.15) is 0 Å². The summed E-state index contributed by atoms with van der Waals surface area (Å²) in [4.78, 5) is 9.63. The van der Waals surface area contributed by atoms with Gasteiger partial charge in [0.25, 0.3) is 0 Å². The van der Waals surface area contributed by atoms with E-state index in [1.54, 1.807) is 19.2 Å². The molecule has 1 atom stereocenters. The number of pyridine rings is 2. The van der Waals surface area contributed by atoms with Gasteiger partial charge < -0.3 is 0 Å². The van der Waals surface area contributed by atoms with Crippen LogP contribution in [-0.4, -0.2) is 9.97 Å². The summed E-state index contributed by atoms with van der Waals surface area (Å²) in [5.74, 6) is -0.947. The molecule has 134 valence electrons. The third-order valence-electron chi connectivity index (χ3n) is 4.90. The predicted octanol–water partition coefficient (Wildman–Crippen LogP) is 5.07. The Kier molecular flexibility index (Phi) is 3.28. The van der Waals surface area contributed by atoms with Crippen molar-refractivity contribution >= 4 is 33.2 Å². The van der Waals surface area contributed by atoms with E-state index < -0.39 is 12.7 Å². The van der Waals surface area contributed by atoms with Crippen molar-refractivity contribution in [1.29, 1.82) is 0 Å². The molecule has 0 aromatic carbocycles. The van der Waals surface area contributed by atoms with Gasteiger partial charge in [-0.25, -0.2) is 4.98 Å². The van der Waals surface area contributed by atoms with Crippen molar-refractivity contribution in [2.45, 2.75) is 58.7 Å². The molecule has 0 N–H and O–H groups in total. The van der Waals surface area contributed by atoms with Gasteiger partial charge in [0.1, 0.15) is 4.83 Å². The van der Waals surface area contributed by atoms with Crippen molar-refractivity contribution < 1.29 is 8.22 Å². The number of fused-ring (bicyclic) bond motifs is 3. The standard InChI is InChI=1S/C23H26N2S/c1-4-5-7-15(2)17-11-13-21(24-14-17)20-9-6-8-18-19-12-10-16(3)25-23(19)26-22(18)20/h8,10-15H,4-7,9H2,1-3H3/i3D3,11D,13D,15D. The number of aromatic nitrogens is 2. The molecule has 0 radical (unpaired) electrons. The van der Waals surface area contributed by atoms with E-state index in [2.05, 4.69) is 23.0 Å². The first-order chi connectivity index (χ1) is 15.0. The van der Waals surface area contributed by atoms with Gasteiger partial charge in [-0.15, -0.1) is 11.3 Å². The average molecular weight is 369 g/mol. The van der Waals surface area contributed by atoms with E-state index in [-0.39, 0.29) is 17.8 Å². The molecule has 0 saturated carbocycles. The zero-order chi connectivity index (χ0) is 23.3. The van der Waals surface area contributed by atoms with Crippen molar-refractivity contribution in [3.63, 3.8) is 0 Å². The summed E-state index contributed by atoms with van der Waals surface area (Å²) in [5, 5.41) is 1.91. The second-order valence-corrected chi connectivity index (χ2v) is 7.77. The minimum Gasteiger partial charge on any atom is -0.256 e. The van der Waals surface area contributed by atoms with Crippen LogP contribution < -0.4 is 9.75 Å². The largest absolute Gasteiger partial charge is 0.256 e. The molecule has 3 aromatic heterocycles. The first-order valence-corrected chi connectivity index (χ1v) is 9.96. The summed E-state index contributed by atoms with van der Waals surface area (Å²) >= 11 is 1.42. The van der Waals surface area contributed by atoms with Crippen LogP contribution in [0.15, 0.2) is 30.4 Å². The number of unbranched alkanes of at least 4 members (excludes halogenated alkanes) is 1. The van der Waals surface area contributed by atoms with E-state index in [9.17, 15) is 0 Å². The summed E-state index contributed by atoms with van der Waals surface area (Å²) in [6.07, 6.45) is 7.68. The number of hydrogen-bond acceptors (Lipinski definition) is 3. The summed E-state index contributed by atoms with van der Waals surface area (Å²) in [6, 6.07) is 3.48. The maximum absolute atomic E-state index is 8.68. The fourth-order valence-electron chi connectivity index (χ4n) is 3.39. The summed E-state index contributed by atoms with van der Waals surface area (Å²) in [7, 11) is 0.